The van der Waals surface area contributed by atoms with Crippen molar-refractivity contribution in [1.82, 2.24) is 19.9 Å². The average molecular weight is 379 g/mol. The summed E-state index contributed by atoms with van der Waals surface area (Å²) in [6.45, 7) is 4.43. The highest BCUT2D eigenvalue weighted by Crippen LogP contribution is 2.21. The quantitative estimate of drug-likeness (QED) is 0.700. The SMILES string of the molecule is CC1CN(c2cccc(F)c2)CCN1C(=O)c1cn(Cc2ccccc2)nn1. The van der Waals surface area contributed by atoms with Gasteiger partial charge >= 0.3 is 0 Å². The summed E-state index contributed by atoms with van der Waals surface area (Å²) < 4.78 is 15.2. The summed E-state index contributed by atoms with van der Waals surface area (Å²) in [6.07, 6.45) is 1.70. The molecule has 0 radical (unpaired) electrons. The average Bonchev–Trinajstić information content (AvgIpc) is 3.17. The van der Waals surface area contributed by atoms with E-state index in [9.17, 15) is 9.18 Å². The van der Waals surface area contributed by atoms with Crippen molar-refractivity contribution >= 4 is 11.6 Å². The molecule has 4 rings (SSSR count). The van der Waals surface area contributed by atoms with Crippen molar-refractivity contribution in [3.05, 3.63) is 77.9 Å². The maximum Gasteiger partial charge on any atom is 0.276 e. The molecule has 1 aliphatic rings. The Morgan fingerprint density at radius 3 is 2.71 bits per heavy atom. The Balaban J connectivity index is 1.42. The summed E-state index contributed by atoms with van der Waals surface area (Å²) in [5.74, 6) is -0.371. The number of halogens is 1. The van der Waals surface area contributed by atoms with E-state index in [4.69, 9.17) is 0 Å². The van der Waals surface area contributed by atoms with Gasteiger partial charge < -0.3 is 9.80 Å². The standard InChI is InChI=1S/C21H22FN5O/c1-16-13-25(19-9-5-8-18(22)12-19)10-11-27(16)21(28)20-15-26(24-23-20)14-17-6-3-2-4-7-17/h2-9,12,15-16H,10-11,13-14H2,1H3. The van der Waals surface area contributed by atoms with Crippen molar-refractivity contribution in [2.45, 2.75) is 19.5 Å². The van der Waals surface area contributed by atoms with Gasteiger partial charge in [-0.3, -0.25) is 4.79 Å². The van der Waals surface area contributed by atoms with Crippen molar-refractivity contribution in [2.75, 3.05) is 24.5 Å². The van der Waals surface area contributed by atoms with Gasteiger partial charge in [-0.25, -0.2) is 9.07 Å². The third kappa shape index (κ3) is 3.88. The summed E-state index contributed by atoms with van der Waals surface area (Å²) in [4.78, 5) is 16.8. The molecule has 0 saturated carbocycles. The zero-order chi connectivity index (χ0) is 19.5. The van der Waals surface area contributed by atoms with E-state index < -0.39 is 0 Å². The van der Waals surface area contributed by atoms with Crippen LogP contribution in [0.15, 0.2) is 60.8 Å². The van der Waals surface area contributed by atoms with E-state index in [0.717, 1.165) is 11.3 Å². The Labute approximate surface area is 163 Å². The first-order valence-corrected chi connectivity index (χ1v) is 9.36. The lowest BCUT2D eigenvalue weighted by Crippen LogP contribution is -2.54. The van der Waals surface area contributed by atoms with Crippen molar-refractivity contribution in [3.63, 3.8) is 0 Å². The number of nitrogens with zero attached hydrogens (tertiary/aromatic N) is 5. The number of hydrogen-bond acceptors (Lipinski definition) is 4. The number of aromatic nitrogens is 3. The monoisotopic (exact) mass is 379 g/mol. The molecule has 6 nitrogen and oxygen atoms in total. The molecule has 1 saturated heterocycles. The fourth-order valence-corrected chi connectivity index (χ4v) is 3.56. The van der Waals surface area contributed by atoms with Crippen LogP contribution in [-0.4, -0.2) is 51.5 Å². The van der Waals surface area contributed by atoms with E-state index in [1.165, 1.54) is 12.1 Å². The van der Waals surface area contributed by atoms with Crippen molar-refractivity contribution < 1.29 is 9.18 Å². The molecule has 2 aromatic carbocycles. The van der Waals surface area contributed by atoms with Gasteiger partial charge in [0, 0.05) is 31.4 Å². The molecule has 1 atom stereocenters. The molecule has 1 fully saturated rings. The van der Waals surface area contributed by atoms with E-state index in [0.29, 0.717) is 31.9 Å². The van der Waals surface area contributed by atoms with Gasteiger partial charge in [-0.15, -0.1) is 5.10 Å². The van der Waals surface area contributed by atoms with Crippen molar-refractivity contribution in [2.24, 2.45) is 0 Å². The molecule has 0 aliphatic carbocycles. The summed E-state index contributed by atoms with van der Waals surface area (Å²) in [5, 5.41) is 8.16. The molecule has 7 heteroatoms. The second-order valence-corrected chi connectivity index (χ2v) is 7.06. The molecule has 3 aromatic rings. The van der Waals surface area contributed by atoms with Gasteiger partial charge in [-0.2, -0.15) is 0 Å². The third-order valence-corrected chi connectivity index (χ3v) is 5.01. The fraction of sp³-hybridized carbons (Fsp3) is 0.286. The number of carbonyl (C=O) groups is 1. The van der Waals surface area contributed by atoms with E-state index in [1.54, 1.807) is 16.9 Å². The minimum Gasteiger partial charge on any atom is -0.368 e. The lowest BCUT2D eigenvalue weighted by atomic mass is 10.1. The largest absolute Gasteiger partial charge is 0.368 e. The number of piperazine rings is 1. The lowest BCUT2D eigenvalue weighted by Gasteiger charge is -2.40. The Morgan fingerprint density at radius 1 is 1.14 bits per heavy atom. The number of hydrogen-bond donors (Lipinski definition) is 0. The van der Waals surface area contributed by atoms with E-state index in [1.807, 2.05) is 48.2 Å². The Morgan fingerprint density at radius 2 is 1.96 bits per heavy atom. The molecule has 144 valence electrons. The van der Waals surface area contributed by atoms with E-state index in [-0.39, 0.29) is 17.8 Å². The number of benzene rings is 2. The van der Waals surface area contributed by atoms with Gasteiger partial charge in [0.05, 0.1) is 12.7 Å². The smallest absolute Gasteiger partial charge is 0.276 e. The van der Waals surface area contributed by atoms with Crippen LogP contribution in [0, 0.1) is 5.82 Å². The Kier molecular flexibility index (Phi) is 5.06. The molecular formula is C21H22FN5O. The second-order valence-electron chi connectivity index (χ2n) is 7.06. The van der Waals surface area contributed by atoms with Crippen LogP contribution in [0.25, 0.3) is 0 Å². The summed E-state index contributed by atoms with van der Waals surface area (Å²) in [6, 6.07) is 16.5. The van der Waals surface area contributed by atoms with E-state index in [2.05, 4.69) is 15.2 Å². The van der Waals surface area contributed by atoms with Crippen molar-refractivity contribution in [3.8, 4) is 0 Å². The van der Waals surface area contributed by atoms with Crippen LogP contribution >= 0.6 is 0 Å². The van der Waals surface area contributed by atoms with Gasteiger partial charge in [0.2, 0.25) is 0 Å². The molecule has 1 aromatic heterocycles. The van der Waals surface area contributed by atoms with Gasteiger partial charge in [0.1, 0.15) is 5.82 Å². The van der Waals surface area contributed by atoms with Gasteiger partial charge in [-0.05, 0) is 30.7 Å². The van der Waals surface area contributed by atoms with Crippen LogP contribution in [0.1, 0.15) is 23.0 Å². The molecule has 1 amide bonds. The zero-order valence-corrected chi connectivity index (χ0v) is 15.7. The number of amides is 1. The minimum atomic E-state index is -0.251. The molecule has 0 N–H and O–H groups in total. The summed E-state index contributed by atoms with van der Waals surface area (Å²) >= 11 is 0. The normalized spacial score (nSPS) is 17.0. The second kappa shape index (κ2) is 7.80. The van der Waals surface area contributed by atoms with Gasteiger partial charge in [0.25, 0.3) is 5.91 Å². The number of rotatable bonds is 4. The third-order valence-electron chi connectivity index (χ3n) is 5.01. The topological polar surface area (TPSA) is 54.3 Å². The molecular weight excluding hydrogens is 357 g/mol. The van der Waals surface area contributed by atoms with Gasteiger partial charge in [-0.1, -0.05) is 41.6 Å². The Bertz CT molecular complexity index is 958. The summed E-state index contributed by atoms with van der Waals surface area (Å²) in [7, 11) is 0. The van der Waals surface area contributed by atoms with Crippen molar-refractivity contribution in [1.29, 1.82) is 0 Å². The first-order valence-electron chi connectivity index (χ1n) is 9.36. The maximum absolute atomic E-state index is 13.5. The maximum atomic E-state index is 13.5. The van der Waals surface area contributed by atoms with Crippen LogP contribution in [0.2, 0.25) is 0 Å². The molecule has 1 aliphatic heterocycles. The highest BCUT2D eigenvalue weighted by molar-refractivity contribution is 5.92. The highest BCUT2D eigenvalue weighted by atomic mass is 19.1. The summed E-state index contributed by atoms with van der Waals surface area (Å²) in [5.41, 5.74) is 2.29. The van der Waals surface area contributed by atoms with Crippen LogP contribution in [0.3, 0.4) is 0 Å². The van der Waals surface area contributed by atoms with Crippen LogP contribution in [0.5, 0.6) is 0 Å². The number of carbonyl (C=O) groups excluding carboxylic acids is 1. The first-order chi connectivity index (χ1) is 13.6. The van der Waals surface area contributed by atoms with Crippen LogP contribution < -0.4 is 4.90 Å². The zero-order valence-electron chi connectivity index (χ0n) is 15.7. The molecule has 0 spiro atoms. The van der Waals surface area contributed by atoms with Gasteiger partial charge in [0.15, 0.2) is 5.69 Å². The lowest BCUT2D eigenvalue weighted by molar-refractivity contribution is 0.0668. The van der Waals surface area contributed by atoms with E-state index >= 15 is 0 Å². The molecule has 0 bridgehead atoms. The molecule has 1 unspecified atom stereocenters. The molecule has 2 heterocycles. The predicted octanol–water partition coefficient (Wildman–Crippen LogP) is 2.82. The number of anilines is 1. The van der Waals surface area contributed by atoms with Crippen LogP contribution in [0.4, 0.5) is 10.1 Å². The molecule has 28 heavy (non-hydrogen) atoms. The van der Waals surface area contributed by atoms with Crippen LogP contribution in [-0.2, 0) is 6.54 Å². The first kappa shape index (κ1) is 18.2. The minimum absolute atomic E-state index is 0.0104. The predicted molar refractivity (Wildman–Crippen MR) is 105 cm³/mol. The Hall–Kier alpha value is -3.22. The fourth-order valence-electron chi connectivity index (χ4n) is 3.56. The highest BCUT2D eigenvalue weighted by Gasteiger charge is 2.29.